The van der Waals surface area contributed by atoms with Gasteiger partial charge in [0.1, 0.15) is 11.4 Å². The second-order valence-corrected chi connectivity index (χ2v) is 9.51. The van der Waals surface area contributed by atoms with E-state index >= 15 is 0 Å². The Kier molecular flexibility index (Phi) is 5.28. The van der Waals surface area contributed by atoms with Gasteiger partial charge in [0.25, 0.3) is 0 Å². The van der Waals surface area contributed by atoms with Crippen molar-refractivity contribution < 1.29 is 9.53 Å². The number of rotatable bonds is 2. The number of carbonyl (C=O) groups is 1. The summed E-state index contributed by atoms with van der Waals surface area (Å²) < 4.78 is 6.59. The molecule has 0 unspecified atom stereocenters. The average molecular weight is 430 g/mol. The largest absolute Gasteiger partial charge is 0.487 e. The lowest BCUT2D eigenvalue weighted by Gasteiger charge is -2.44. The molecule has 2 aromatic carbocycles. The Morgan fingerprint density at radius 3 is 2.72 bits per heavy atom. The average Bonchev–Trinajstić information content (AvgIpc) is 2.79. The van der Waals surface area contributed by atoms with Crippen LogP contribution in [0, 0.1) is 6.92 Å². The van der Waals surface area contributed by atoms with Crippen LogP contribution in [0.4, 0.5) is 4.79 Å². The molecule has 0 saturated carbocycles. The van der Waals surface area contributed by atoms with E-state index in [-0.39, 0.29) is 17.7 Å². The molecule has 2 amide bonds. The minimum absolute atomic E-state index is 0.0379. The third kappa shape index (κ3) is 3.81. The Balaban J connectivity index is 1.34. The molecule has 5 rings (SSSR count). The molecule has 2 aliphatic heterocycles. The van der Waals surface area contributed by atoms with Crippen molar-refractivity contribution in [1.29, 1.82) is 0 Å². The SMILES string of the molecule is Cc1c(-c2ccc3c(c2)CCC2(CCN(C(=O)NC(C)C)CC2)O3)ccc2cccnc12. The van der Waals surface area contributed by atoms with Crippen LogP contribution in [-0.2, 0) is 6.42 Å². The van der Waals surface area contributed by atoms with Crippen molar-refractivity contribution in [3.8, 4) is 16.9 Å². The Hall–Kier alpha value is -3.08. The number of urea groups is 1. The van der Waals surface area contributed by atoms with E-state index in [1.807, 2.05) is 31.0 Å². The molecule has 0 radical (unpaired) electrons. The van der Waals surface area contributed by atoms with Gasteiger partial charge < -0.3 is 15.0 Å². The minimum atomic E-state index is -0.147. The molecule has 1 saturated heterocycles. The second-order valence-electron chi connectivity index (χ2n) is 9.51. The van der Waals surface area contributed by atoms with Crippen molar-refractivity contribution in [1.82, 2.24) is 15.2 Å². The van der Waals surface area contributed by atoms with Gasteiger partial charge in [0.2, 0.25) is 0 Å². The predicted molar refractivity (Wildman–Crippen MR) is 128 cm³/mol. The Morgan fingerprint density at radius 2 is 1.94 bits per heavy atom. The molecule has 0 bridgehead atoms. The number of ether oxygens (including phenoxy) is 1. The van der Waals surface area contributed by atoms with Crippen LogP contribution in [0.15, 0.2) is 48.7 Å². The van der Waals surface area contributed by atoms with Gasteiger partial charge >= 0.3 is 6.03 Å². The fraction of sp³-hybridized carbons (Fsp3) is 0.407. The molecule has 166 valence electrons. The summed E-state index contributed by atoms with van der Waals surface area (Å²) in [5.74, 6) is 0.997. The number of pyridine rings is 1. The van der Waals surface area contributed by atoms with Crippen molar-refractivity contribution in [2.45, 2.75) is 58.1 Å². The molecule has 3 aromatic rings. The highest BCUT2D eigenvalue weighted by Crippen LogP contribution is 2.41. The highest BCUT2D eigenvalue weighted by atomic mass is 16.5. The molecule has 1 aromatic heterocycles. The maximum Gasteiger partial charge on any atom is 0.317 e. The third-order valence-corrected chi connectivity index (χ3v) is 6.95. The fourth-order valence-electron chi connectivity index (χ4n) is 5.10. The monoisotopic (exact) mass is 429 g/mol. The third-order valence-electron chi connectivity index (χ3n) is 6.95. The molecule has 1 spiro atoms. The number of hydrogen-bond acceptors (Lipinski definition) is 3. The maximum atomic E-state index is 12.3. The van der Waals surface area contributed by atoms with Crippen LogP contribution in [-0.4, -0.2) is 40.6 Å². The van der Waals surface area contributed by atoms with Crippen molar-refractivity contribution in [2.24, 2.45) is 0 Å². The zero-order chi connectivity index (χ0) is 22.3. The van der Waals surface area contributed by atoms with Crippen LogP contribution < -0.4 is 10.1 Å². The number of fused-ring (bicyclic) bond motifs is 2. The lowest BCUT2D eigenvalue weighted by atomic mass is 9.82. The highest BCUT2D eigenvalue weighted by molar-refractivity contribution is 5.88. The van der Waals surface area contributed by atoms with Gasteiger partial charge in [-0.05, 0) is 74.1 Å². The highest BCUT2D eigenvalue weighted by Gasteiger charge is 2.40. The summed E-state index contributed by atoms with van der Waals surface area (Å²) in [5.41, 5.74) is 5.84. The van der Waals surface area contributed by atoms with E-state index in [0.717, 1.165) is 50.0 Å². The van der Waals surface area contributed by atoms with Crippen LogP contribution in [0.25, 0.3) is 22.0 Å². The molecule has 1 N–H and O–H groups in total. The number of likely N-dealkylation sites (tertiary alicyclic amines) is 1. The first-order valence-electron chi connectivity index (χ1n) is 11.7. The van der Waals surface area contributed by atoms with Gasteiger partial charge in [0.05, 0.1) is 5.52 Å². The molecular weight excluding hydrogens is 398 g/mol. The van der Waals surface area contributed by atoms with E-state index in [9.17, 15) is 4.79 Å². The van der Waals surface area contributed by atoms with Crippen LogP contribution in [0.2, 0.25) is 0 Å². The number of aryl methyl sites for hydroxylation is 2. The first-order chi connectivity index (χ1) is 15.4. The van der Waals surface area contributed by atoms with Crippen molar-refractivity contribution in [3.63, 3.8) is 0 Å². The van der Waals surface area contributed by atoms with Crippen LogP contribution in [0.1, 0.15) is 44.2 Å². The normalized spacial score (nSPS) is 17.3. The van der Waals surface area contributed by atoms with E-state index in [1.165, 1.54) is 27.6 Å². The van der Waals surface area contributed by atoms with Gasteiger partial charge in [-0.2, -0.15) is 0 Å². The number of hydrogen-bond donors (Lipinski definition) is 1. The summed E-state index contributed by atoms with van der Waals surface area (Å²) in [6, 6.07) is 15.2. The Bertz CT molecular complexity index is 1160. The predicted octanol–water partition coefficient (Wildman–Crippen LogP) is 5.49. The van der Waals surface area contributed by atoms with Gasteiger partial charge in [0, 0.05) is 43.6 Å². The minimum Gasteiger partial charge on any atom is -0.487 e. The van der Waals surface area contributed by atoms with Crippen molar-refractivity contribution in [3.05, 3.63) is 59.8 Å². The van der Waals surface area contributed by atoms with Crippen LogP contribution >= 0.6 is 0 Å². The van der Waals surface area contributed by atoms with Gasteiger partial charge in [-0.1, -0.05) is 24.3 Å². The maximum absolute atomic E-state index is 12.3. The van der Waals surface area contributed by atoms with Gasteiger partial charge in [-0.3, -0.25) is 4.98 Å². The number of benzene rings is 2. The van der Waals surface area contributed by atoms with Gasteiger partial charge in [0.15, 0.2) is 0 Å². The molecule has 32 heavy (non-hydrogen) atoms. The lowest BCUT2D eigenvalue weighted by Crippen LogP contribution is -2.53. The molecule has 0 atom stereocenters. The van der Waals surface area contributed by atoms with Crippen molar-refractivity contribution >= 4 is 16.9 Å². The number of nitrogens with one attached hydrogen (secondary N) is 1. The molecule has 5 heteroatoms. The van der Waals surface area contributed by atoms with Crippen LogP contribution in [0.5, 0.6) is 5.75 Å². The zero-order valence-corrected chi connectivity index (χ0v) is 19.1. The van der Waals surface area contributed by atoms with Crippen LogP contribution in [0.3, 0.4) is 0 Å². The van der Waals surface area contributed by atoms with Gasteiger partial charge in [-0.25, -0.2) is 4.79 Å². The Labute approximate surface area is 189 Å². The number of amides is 2. The Morgan fingerprint density at radius 1 is 1.12 bits per heavy atom. The summed E-state index contributed by atoms with van der Waals surface area (Å²) in [4.78, 5) is 18.8. The number of nitrogens with zero attached hydrogens (tertiary/aromatic N) is 2. The molecule has 3 heterocycles. The summed E-state index contributed by atoms with van der Waals surface area (Å²) in [6.07, 6.45) is 5.63. The number of carbonyl (C=O) groups excluding carboxylic acids is 1. The number of aromatic nitrogens is 1. The first-order valence-corrected chi connectivity index (χ1v) is 11.7. The summed E-state index contributed by atoms with van der Waals surface area (Å²) in [7, 11) is 0. The summed E-state index contributed by atoms with van der Waals surface area (Å²) >= 11 is 0. The quantitative estimate of drug-likeness (QED) is 0.586. The van der Waals surface area contributed by atoms with E-state index in [4.69, 9.17) is 4.74 Å². The standard InChI is InChI=1S/C27H31N3O2/c1-18(2)29-26(31)30-15-12-27(13-16-30)11-10-22-17-21(7-9-24(22)32-27)23-8-6-20-5-4-14-28-25(20)19(23)3/h4-9,14,17-18H,10-13,15-16H2,1-3H3,(H,29,31). The van der Waals surface area contributed by atoms with Gasteiger partial charge in [-0.15, -0.1) is 0 Å². The molecule has 0 aliphatic carbocycles. The second kappa shape index (κ2) is 8.12. The number of piperidine rings is 1. The van der Waals surface area contributed by atoms with E-state index < -0.39 is 0 Å². The molecule has 2 aliphatic rings. The molecule has 1 fully saturated rings. The smallest absolute Gasteiger partial charge is 0.317 e. The molecular formula is C27H31N3O2. The zero-order valence-electron chi connectivity index (χ0n) is 19.1. The molecule has 5 nitrogen and oxygen atoms in total. The summed E-state index contributed by atoms with van der Waals surface area (Å²) in [5, 5.41) is 4.17. The van der Waals surface area contributed by atoms with Crippen molar-refractivity contribution in [2.75, 3.05) is 13.1 Å². The van der Waals surface area contributed by atoms with E-state index in [1.54, 1.807) is 0 Å². The van der Waals surface area contributed by atoms with E-state index in [0.29, 0.717) is 0 Å². The topological polar surface area (TPSA) is 54.5 Å². The first kappa shape index (κ1) is 20.8. The summed E-state index contributed by atoms with van der Waals surface area (Å²) in [6.45, 7) is 7.63. The fourth-order valence-corrected chi connectivity index (χ4v) is 5.10. The van der Waals surface area contributed by atoms with E-state index in [2.05, 4.69) is 53.6 Å². The lowest BCUT2D eigenvalue weighted by molar-refractivity contribution is -0.00561.